The molecule has 2 rings (SSSR count). The van der Waals surface area contributed by atoms with Gasteiger partial charge in [-0.1, -0.05) is 18.2 Å². The van der Waals surface area contributed by atoms with Gasteiger partial charge < -0.3 is 4.90 Å². The maximum Gasteiger partial charge on any atom is 0.263 e. The Labute approximate surface area is 163 Å². The summed E-state index contributed by atoms with van der Waals surface area (Å²) >= 11 is 3.30. The lowest BCUT2D eigenvalue weighted by Gasteiger charge is -2.18. The number of hydrogen-bond donors (Lipinski definition) is 1. The fourth-order valence-corrected chi connectivity index (χ4v) is 4.84. The second kappa shape index (κ2) is 8.68. The Morgan fingerprint density at radius 2 is 1.69 bits per heavy atom. The van der Waals surface area contributed by atoms with E-state index in [9.17, 15) is 13.2 Å². The van der Waals surface area contributed by atoms with Gasteiger partial charge in [0, 0.05) is 23.2 Å². The van der Waals surface area contributed by atoms with E-state index in [1.54, 1.807) is 47.4 Å². The van der Waals surface area contributed by atoms with Crippen LogP contribution in [0.3, 0.4) is 0 Å². The van der Waals surface area contributed by atoms with E-state index in [4.69, 9.17) is 0 Å². The van der Waals surface area contributed by atoms with Gasteiger partial charge in [-0.2, -0.15) is 0 Å². The van der Waals surface area contributed by atoms with Gasteiger partial charge in [0.1, 0.15) is 4.90 Å². The number of benzene rings is 2. The first-order valence-corrected chi connectivity index (χ1v) is 10.7. The van der Waals surface area contributed by atoms with Crippen LogP contribution >= 0.6 is 15.9 Å². The average Bonchev–Trinajstić information content (AvgIpc) is 2.57. The molecule has 2 aromatic carbocycles. The van der Waals surface area contributed by atoms with E-state index in [2.05, 4.69) is 20.7 Å². The van der Waals surface area contributed by atoms with Crippen LogP contribution in [-0.2, 0) is 21.2 Å². The SMILES string of the molecule is CCN(CC)C(=O)Cc1ccc(NS(=O)(=O)c2ccc(C)cc2Br)cc1. The third-order valence-corrected chi connectivity index (χ3v) is 6.41. The maximum absolute atomic E-state index is 12.6. The zero-order chi connectivity index (χ0) is 19.3. The van der Waals surface area contributed by atoms with Crippen LogP contribution in [0.5, 0.6) is 0 Å². The number of amides is 1. The third-order valence-electron chi connectivity index (χ3n) is 4.05. The highest BCUT2D eigenvalue weighted by molar-refractivity contribution is 9.10. The number of hydrogen-bond acceptors (Lipinski definition) is 3. The molecule has 0 aliphatic carbocycles. The molecule has 0 fully saturated rings. The van der Waals surface area contributed by atoms with Crippen molar-refractivity contribution in [2.75, 3.05) is 17.8 Å². The quantitative estimate of drug-likeness (QED) is 0.710. The fraction of sp³-hybridized carbons (Fsp3) is 0.316. The van der Waals surface area contributed by atoms with Crippen LogP contribution in [0.4, 0.5) is 5.69 Å². The minimum absolute atomic E-state index is 0.0620. The van der Waals surface area contributed by atoms with Crippen molar-refractivity contribution in [1.29, 1.82) is 0 Å². The summed E-state index contributed by atoms with van der Waals surface area (Å²) in [5.74, 6) is 0.0620. The van der Waals surface area contributed by atoms with Gasteiger partial charge in [-0.15, -0.1) is 0 Å². The summed E-state index contributed by atoms with van der Waals surface area (Å²) in [6, 6.07) is 12.0. The lowest BCUT2D eigenvalue weighted by molar-refractivity contribution is -0.130. The predicted octanol–water partition coefficient (Wildman–Crippen LogP) is 3.97. The molecule has 2 aromatic rings. The molecule has 0 radical (unpaired) electrons. The van der Waals surface area contributed by atoms with Gasteiger partial charge in [0.15, 0.2) is 0 Å². The first-order chi connectivity index (χ1) is 12.3. The van der Waals surface area contributed by atoms with Crippen LogP contribution in [0.2, 0.25) is 0 Å². The molecule has 0 unspecified atom stereocenters. The molecule has 0 aliphatic heterocycles. The number of anilines is 1. The molecule has 0 saturated heterocycles. The van der Waals surface area contributed by atoms with E-state index < -0.39 is 10.0 Å². The smallest absolute Gasteiger partial charge is 0.263 e. The Morgan fingerprint density at radius 1 is 1.08 bits per heavy atom. The molecule has 0 atom stereocenters. The van der Waals surface area contributed by atoms with E-state index >= 15 is 0 Å². The number of sulfonamides is 1. The lowest BCUT2D eigenvalue weighted by atomic mass is 10.1. The molecule has 0 bridgehead atoms. The number of nitrogens with one attached hydrogen (secondary N) is 1. The fourth-order valence-electron chi connectivity index (χ4n) is 2.59. The molecule has 0 aliphatic rings. The molecular weight excluding hydrogens is 416 g/mol. The summed E-state index contributed by atoms with van der Waals surface area (Å²) in [5, 5.41) is 0. The minimum Gasteiger partial charge on any atom is -0.343 e. The molecular formula is C19H23BrN2O3S. The molecule has 0 aromatic heterocycles. The molecule has 5 nitrogen and oxygen atoms in total. The Morgan fingerprint density at radius 3 is 2.23 bits per heavy atom. The lowest BCUT2D eigenvalue weighted by Crippen LogP contribution is -2.31. The van der Waals surface area contributed by atoms with Gasteiger partial charge in [0.05, 0.1) is 6.42 Å². The van der Waals surface area contributed by atoms with Crippen LogP contribution in [0.25, 0.3) is 0 Å². The van der Waals surface area contributed by atoms with Gasteiger partial charge in [-0.3, -0.25) is 9.52 Å². The Balaban J connectivity index is 2.12. The summed E-state index contributed by atoms with van der Waals surface area (Å²) in [4.78, 5) is 14.1. The highest BCUT2D eigenvalue weighted by atomic mass is 79.9. The van der Waals surface area contributed by atoms with Gasteiger partial charge in [0.2, 0.25) is 5.91 Å². The maximum atomic E-state index is 12.6. The molecule has 0 heterocycles. The Hall–Kier alpha value is -1.86. The van der Waals surface area contributed by atoms with Crippen molar-refractivity contribution in [3.63, 3.8) is 0 Å². The highest BCUT2D eigenvalue weighted by Crippen LogP contribution is 2.25. The van der Waals surface area contributed by atoms with E-state index in [-0.39, 0.29) is 10.8 Å². The first kappa shape index (κ1) is 20.5. The topological polar surface area (TPSA) is 66.5 Å². The van der Waals surface area contributed by atoms with Crippen LogP contribution in [0.15, 0.2) is 51.8 Å². The monoisotopic (exact) mass is 438 g/mol. The molecule has 0 spiro atoms. The number of carbonyl (C=O) groups is 1. The first-order valence-electron chi connectivity index (χ1n) is 8.42. The van der Waals surface area contributed by atoms with Crippen molar-refractivity contribution in [3.05, 3.63) is 58.1 Å². The van der Waals surface area contributed by atoms with Crippen LogP contribution in [0.1, 0.15) is 25.0 Å². The minimum atomic E-state index is -3.69. The third kappa shape index (κ3) is 5.08. The van der Waals surface area contributed by atoms with E-state index in [1.807, 2.05) is 20.8 Å². The van der Waals surface area contributed by atoms with E-state index in [0.29, 0.717) is 29.7 Å². The van der Waals surface area contributed by atoms with Crippen LogP contribution < -0.4 is 4.72 Å². The largest absolute Gasteiger partial charge is 0.343 e. The molecule has 1 N–H and O–H groups in total. The van der Waals surface area contributed by atoms with Crippen molar-refractivity contribution in [1.82, 2.24) is 4.90 Å². The Kier molecular flexibility index (Phi) is 6.83. The second-order valence-electron chi connectivity index (χ2n) is 5.98. The van der Waals surface area contributed by atoms with Gasteiger partial charge in [-0.05, 0) is 72.1 Å². The molecule has 1 amide bonds. The van der Waals surface area contributed by atoms with Crippen LogP contribution in [0, 0.1) is 6.92 Å². The summed E-state index contributed by atoms with van der Waals surface area (Å²) in [6.45, 7) is 7.15. The molecule has 26 heavy (non-hydrogen) atoms. The zero-order valence-electron chi connectivity index (χ0n) is 15.1. The molecule has 7 heteroatoms. The Bertz CT molecular complexity index is 876. The number of halogens is 1. The van der Waals surface area contributed by atoms with E-state index in [1.165, 1.54) is 0 Å². The summed E-state index contributed by atoms with van der Waals surface area (Å²) < 4.78 is 28.2. The summed E-state index contributed by atoms with van der Waals surface area (Å²) in [6.07, 6.45) is 0.304. The van der Waals surface area contributed by atoms with Crippen molar-refractivity contribution in [3.8, 4) is 0 Å². The summed E-state index contributed by atoms with van der Waals surface area (Å²) in [7, 11) is -3.69. The predicted molar refractivity (Wildman–Crippen MR) is 108 cm³/mol. The van der Waals surface area contributed by atoms with Crippen molar-refractivity contribution in [2.45, 2.75) is 32.1 Å². The number of likely N-dealkylation sites (N-methyl/N-ethyl adjacent to an activating group) is 1. The molecule has 140 valence electrons. The number of aryl methyl sites for hydroxylation is 1. The van der Waals surface area contributed by atoms with Gasteiger partial charge in [0.25, 0.3) is 10.0 Å². The normalized spacial score (nSPS) is 11.2. The van der Waals surface area contributed by atoms with Crippen molar-refractivity contribution < 1.29 is 13.2 Å². The van der Waals surface area contributed by atoms with E-state index in [0.717, 1.165) is 11.1 Å². The zero-order valence-corrected chi connectivity index (χ0v) is 17.5. The van der Waals surface area contributed by atoms with Crippen molar-refractivity contribution >= 4 is 37.5 Å². The number of nitrogens with zero attached hydrogens (tertiary/aromatic N) is 1. The summed E-state index contributed by atoms with van der Waals surface area (Å²) in [5.41, 5.74) is 2.27. The number of carbonyl (C=O) groups excluding carboxylic acids is 1. The van der Waals surface area contributed by atoms with Gasteiger partial charge in [-0.25, -0.2) is 8.42 Å². The van der Waals surface area contributed by atoms with Crippen molar-refractivity contribution in [2.24, 2.45) is 0 Å². The second-order valence-corrected chi connectivity index (χ2v) is 8.48. The molecule has 0 saturated carbocycles. The standard InChI is InChI=1S/C19H23BrN2O3S/c1-4-22(5-2)19(23)13-15-7-9-16(10-8-15)21-26(24,25)18-11-6-14(3)12-17(18)20/h6-12,21H,4-5,13H2,1-3H3. The van der Waals surface area contributed by atoms with Crippen LogP contribution in [-0.4, -0.2) is 32.3 Å². The van der Waals surface area contributed by atoms with Gasteiger partial charge >= 0.3 is 0 Å². The average molecular weight is 439 g/mol. The highest BCUT2D eigenvalue weighted by Gasteiger charge is 2.18. The number of rotatable bonds is 7.